The van der Waals surface area contributed by atoms with Gasteiger partial charge in [-0.25, -0.2) is 4.98 Å². The van der Waals surface area contributed by atoms with Crippen LogP contribution in [0.25, 0.3) is 39.1 Å². The molecule has 5 rings (SSSR count). The predicted octanol–water partition coefficient (Wildman–Crippen LogP) is 4.61. The van der Waals surface area contributed by atoms with E-state index in [9.17, 15) is 5.11 Å². The summed E-state index contributed by atoms with van der Waals surface area (Å²) in [5.74, 6) is 1.08. The second kappa shape index (κ2) is 7.46. The van der Waals surface area contributed by atoms with Crippen LogP contribution in [0, 0.1) is 0 Å². The van der Waals surface area contributed by atoms with Crippen molar-refractivity contribution in [2.75, 3.05) is 20.1 Å². The van der Waals surface area contributed by atoms with Crippen LogP contribution in [0.4, 0.5) is 0 Å². The number of aromatic nitrogens is 4. The maximum Gasteiger partial charge on any atom is 0.159 e. The molecule has 0 fully saturated rings. The molecule has 2 aromatic carbocycles. The Morgan fingerprint density at radius 2 is 2.07 bits per heavy atom. The maximum absolute atomic E-state index is 9.79. The highest BCUT2D eigenvalue weighted by molar-refractivity contribution is 5.94. The van der Waals surface area contributed by atoms with E-state index < -0.39 is 0 Å². The molecule has 0 spiro atoms. The van der Waals surface area contributed by atoms with E-state index in [4.69, 9.17) is 0 Å². The average Bonchev–Trinajstić information content (AvgIpc) is 3.40. The summed E-state index contributed by atoms with van der Waals surface area (Å²) in [5, 5.41) is 18.5. The van der Waals surface area contributed by atoms with Gasteiger partial charge in [0.15, 0.2) is 5.82 Å². The lowest BCUT2D eigenvalue weighted by molar-refractivity contribution is 0.370. The monoisotopic (exact) mass is 399 g/mol. The van der Waals surface area contributed by atoms with Crippen molar-refractivity contribution in [1.82, 2.24) is 25.1 Å². The molecule has 3 heterocycles. The first-order valence-electron chi connectivity index (χ1n) is 10.4. The minimum absolute atomic E-state index is 0.300. The lowest BCUT2D eigenvalue weighted by Crippen LogP contribution is -2.23. The summed E-state index contributed by atoms with van der Waals surface area (Å²) in [6, 6.07) is 11.9. The number of aromatic amines is 2. The molecular weight excluding hydrogens is 374 g/mol. The molecule has 0 atom stereocenters. The largest absolute Gasteiger partial charge is 0.508 e. The molecule has 0 radical (unpaired) electrons. The first kappa shape index (κ1) is 18.6. The van der Waals surface area contributed by atoms with Crippen molar-refractivity contribution < 1.29 is 5.11 Å². The maximum atomic E-state index is 9.79. The van der Waals surface area contributed by atoms with Crippen molar-refractivity contribution in [3.8, 4) is 28.4 Å². The van der Waals surface area contributed by atoms with Gasteiger partial charge in [-0.1, -0.05) is 25.1 Å². The number of likely N-dealkylation sites (N-methyl/N-ethyl adjacent to an activating group) is 1. The second-order valence-electron chi connectivity index (χ2n) is 7.91. The summed E-state index contributed by atoms with van der Waals surface area (Å²) in [5.41, 5.74) is 7.54. The summed E-state index contributed by atoms with van der Waals surface area (Å²) in [6.45, 7) is 4.12. The number of nitrogens with zero attached hydrogens (tertiary/aromatic N) is 3. The third-order valence-corrected chi connectivity index (χ3v) is 5.90. The first-order chi connectivity index (χ1) is 14.6. The first-order valence-corrected chi connectivity index (χ1v) is 10.4. The third kappa shape index (κ3) is 3.29. The minimum Gasteiger partial charge on any atom is -0.508 e. The van der Waals surface area contributed by atoms with Gasteiger partial charge < -0.3 is 15.0 Å². The van der Waals surface area contributed by atoms with E-state index in [2.05, 4.69) is 63.3 Å². The zero-order valence-electron chi connectivity index (χ0n) is 17.2. The van der Waals surface area contributed by atoms with Gasteiger partial charge in [-0.05, 0) is 66.4 Å². The summed E-state index contributed by atoms with van der Waals surface area (Å²) < 4.78 is 0. The second-order valence-corrected chi connectivity index (χ2v) is 7.91. The van der Waals surface area contributed by atoms with Crippen molar-refractivity contribution in [1.29, 1.82) is 0 Å². The van der Waals surface area contributed by atoms with Crippen LogP contribution in [0.2, 0.25) is 0 Å². The topological polar surface area (TPSA) is 80.8 Å². The van der Waals surface area contributed by atoms with E-state index in [1.54, 1.807) is 6.07 Å². The van der Waals surface area contributed by atoms with Crippen molar-refractivity contribution in [2.45, 2.75) is 19.8 Å². The molecule has 0 aliphatic carbocycles. The van der Waals surface area contributed by atoms with Crippen LogP contribution in [0.3, 0.4) is 0 Å². The number of phenolic OH excluding ortho intramolecular Hbond substituents is 1. The fourth-order valence-corrected chi connectivity index (χ4v) is 4.14. The quantitative estimate of drug-likeness (QED) is 0.468. The minimum atomic E-state index is 0.300. The van der Waals surface area contributed by atoms with Gasteiger partial charge in [-0.2, -0.15) is 5.10 Å². The number of aryl methyl sites for hydroxylation is 1. The SMILES string of the molecule is CCc1cc(O)ccc1-c1ccc2c(-c3ncc(C4=CCN(C)CC4)[nH]3)n[nH]c2c1. The highest BCUT2D eigenvalue weighted by Crippen LogP contribution is 2.32. The van der Waals surface area contributed by atoms with Gasteiger partial charge in [0.2, 0.25) is 0 Å². The molecular formula is C24H25N5O. The number of imidazole rings is 1. The summed E-state index contributed by atoms with van der Waals surface area (Å²) >= 11 is 0. The third-order valence-electron chi connectivity index (χ3n) is 5.90. The van der Waals surface area contributed by atoms with E-state index in [0.29, 0.717) is 5.75 Å². The average molecular weight is 399 g/mol. The Bertz CT molecular complexity index is 1250. The molecule has 0 bridgehead atoms. The number of H-pyrrole nitrogens is 2. The van der Waals surface area contributed by atoms with Crippen LogP contribution in [0.5, 0.6) is 5.75 Å². The highest BCUT2D eigenvalue weighted by Gasteiger charge is 2.16. The number of aromatic hydroxyl groups is 1. The van der Waals surface area contributed by atoms with Gasteiger partial charge in [-0.15, -0.1) is 0 Å². The van der Waals surface area contributed by atoms with E-state index >= 15 is 0 Å². The molecule has 0 saturated heterocycles. The van der Waals surface area contributed by atoms with Gasteiger partial charge in [0.25, 0.3) is 0 Å². The van der Waals surface area contributed by atoms with Crippen LogP contribution in [-0.2, 0) is 6.42 Å². The van der Waals surface area contributed by atoms with Crippen molar-refractivity contribution in [2.24, 2.45) is 0 Å². The van der Waals surface area contributed by atoms with Crippen molar-refractivity contribution in [3.05, 3.63) is 59.9 Å². The lowest BCUT2D eigenvalue weighted by Gasteiger charge is -2.21. The van der Waals surface area contributed by atoms with Crippen molar-refractivity contribution in [3.63, 3.8) is 0 Å². The van der Waals surface area contributed by atoms with Gasteiger partial charge in [-0.3, -0.25) is 5.10 Å². The van der Waals surface area contributed by atoms with E-state index in [-0.39, 0.29) is 0 Å². The van der Waals surface area contributed by atoms with E-state index in [1.807, 2.05) is 18.3 Å². The van der Waals surface area contributed by atoms with Gasteiger partial charge in [0, 0.05) is 18.5 Å². The number of phenols is 1. The fraction of sp³-hybridized carbons (Fsp3) is 0.250. The van der Waals surface area contributed by atoms with Crippen LogP contribution >= 0.6 is 0 Å². The normalized spacial score (nSPS) is 14.9. The van der Waals surface area contributed by atoms with Gasteiger partial charge >= 0.3 is 0 Å². The molecule has 1 aliphatic rings. The molecule has 0 amide bonds. The number of nitrogens with one attached hydrogen (secondary N) is 2. The molecule has 6 heteroatoms. The van der Waals surface area contributed by atoms with Crippen LogP contribution in [0.1, 0.15) is 24.6 Å². The highest BCUT2D eigenvalue weighted by atomic mass is 16.3. The number of fused-ring (bicyclic) bond motifs is 1. The molecule has 2 aromatic heterocycles. The molecule has 152 valence electrons. The smallest absolute Gasteiger partial charge is 0.159 e. The molecule has 3 N–H and O–H groups in total. The number of hydrogen-bond acceptors (Lipinski definition) is 4. The Labute approximate surface area is 175 Å². The van der Waals surface area contributed by atoms with Gasteiger partial charge in [0.1, 0.15) is 11.4 Å². The molecule has 6 nitrogen and oxygen atoms in total. The van der Waals surface area contributed by atoms with Crippen LogP contribution in [-0.4, -0.2) is 50.3 Å². The summed E-state index contributed by atoms with van der Waals surface area (Å²) in [6.07, 6.45) is 6.05. The molecule has 4 aromatic rings. The zero-order chi connectivity index (χ0) is 20.7. The van der Waals surface area contributed by atoms with Crippen molar-refractivity contribution >= 4 is 16.5 Å². The molecule has 0 saturated carbocycles. The Balaban J connectivity index is 1.50. The zero-order valence-corrected chi connectivity index (χ0v) is 17.2. The Morgan fingerprint density at radius 3 is 2.87 bits per heavy atom. The van der Waals surface area contributed by atoms with E-state index in [1.165, 1.54) is 5.57 Å². The number of hydrogen-bond donors (Lipinski definition) is 3. The summed E-state index contributed by atoms with van der Waals surface area (Å²) in [7, 11) is 2.14. The Kier molecular flexibility index (Phi) is 4.64. The van der Waals surface area contributed by atoms with Crippen LogP contribution < -0.4 is 0 Å². The Morgan fingerprint density at radius 1 is 1.17 bits per heavy atom. The van der Waals surface area contributed by atoms with E-state index in [0.717, 1.165) is 70.7 Å². The molecule has 30 heavy (non-hydrogen) atoms. The molecule has 1 aliphatic heterocycles. The predicted molar refractivity (Wildman–Crippen MR) is 120 cm³/mol. The van der Waals surface area contributed by atoms with Crippen LogP contribution in [0.15, 0.2) is 48.7 Å². The Hall–Kier alpha value is -3.38. The molecule has 0 unspecified atom stereocenters. The number of rotatable bonds is 4. The van der Waals surface area contributed by atoms with Gasteiger partial charge in [0.05, 0.1) is 17.4 Å². The summed E-state index contributed by atoms with van der Waals surface area (Å²) in [4.78, 5) is 10.4. The fourth-order valence-electron chi connectivity index (χ4n) is 4.14. The number of benzene rings is 2. The standard InChI is InChI=1S/C24H25N5O/c1-3-15-12-18(30)5-7-19(15)17-4-6-20-21(13-17)27-28-23(20)24-25-14-22(26-24)16-8-10-29(2)11-9-16/h4-8,12-14,30H,3,9-11H2,1-2H3,(H,25,26)(H,27,28). The lowest BCUT2D eigenvalue weighted by atomic mass is 9.97.